The number of carbonyl (C=O) groups is 1. The third-order valence-corrected chi connectivity index (χ3v) is 5.75. The van der Waals surface area contributed by atoms with Gasteiger partial charge in [-0.15, -0.1) is 0 Å². The molecule has 0 aliphatic carbocycles. The number of carboxylic acids is 1. The molecule has 1 aromatic carbocycles. The van der Waals surface area contributed by atoms with Crippen molar-refractivity contribution in [1.29, 1.82) is 0 Å². The third kappa shape index (κ3) is 3.35. The van der Waals surface area contributed by atoms with Crippen LogP contribution < -0.4 is 0 Å². The van der Waals surface area contributed by atoms with Crippen molar-refractivity contribution < 1.29 is 14.3 Å². The maximum atomic E-state index is 13.5. The molecule has 1 unspecified atom stereocenters. The van der Waals surface area contributed by atoms with Crippen LogP contribution in [0.4, 0.5) is 4.39 Å². The molecule has 1 saturated heterocycles. The molecule has 0 spiro atoms. The summed E-state index contributed by atoms with van der Waals surface area (Å²) in [4.78, 5) is 15.2. The molecular formula is C14H15FN2O2S2. The first kappa shape index (κ1) is 14.7. The largest absolute Gasteiger partial charge is 0.481 e. The molecule has 1 aromatic heterocycles. The number of thioether (sulfide) groups is 2. The van der Waals surface area contributed by atoms with Gasteiger partial charge in [0.05, 0.1) is 16.8 Å². The quantitative estimate of drug-likeness (QED) is 0.855. The molecule has 7 heteroatoms. The normalized spacial score (nSPS) is 18.4. The van der Waals surface area contributed by atoms with Gasteiger partial charge in [0.2, 0.25) is 0 Å². The molecule has 1 N–H and O–H groups in total. The van der Waals surface area contributed by atoms with Crippen LogP contribution in [0.1, 0.15) is 12.8 Å². The average Bonchev–Trinajstić information content (AvgIpc) is 3.06. The predicted molar refractivity (Wildman–Crippen MR) is 83.5 cm³/mol. The van der Waals surface area contributed by atoms with Gasteiger partial charge in [-0.05, 0) is 36.8 Å². The number of benzene rings is 1. The van der Waals surface area contributed by atoms with E-state index in [0.29, 0.717) is 15.9 Å². The van der Waals surface area contributed by atoms with E-state index in [1.165, 1.54) is 30.3 Å². The first-order valence-corrected chi connectivity index (χ1v) is 8.79. The molecule has 0 radical (unpaired) electrons. The van der Waals surface area contributed by atoms with Crippen molar-refractivity contribution in [3.8, 4) is 0 Å². The van der Waals surface area contributed by atoms with Gasteiger partial charge in [-0.25, -0.2) is 9.37 Å². The molecule has 2 aromatic rings. The van der Waals surface area contributed by atoms with Crippen LogP contribution in [0.25, 0.3) is 11.0 Å². The second-order valence-corrected chi connectivity index (χ2v) is 7.31. The van der Waals surface area contributed by atoms with Gasteiger partial charge in [0.15, 0.2) is 5.16 Å². The van der Waals surface area contributed by atoms with Crippen molar-refractivity contribution in [3.63, 3.8) is 0 Å². The number of nitrogens with zero attached hydrogens (tertiary/aromatic N) is 2. The lowest BCUT2D eigenvalue weighted by atomic mass is 10.2. The Morgan fingerprint density at radius 3 is 3.14 bits per heavy atom. The van der Waals surface area contributed by atoms with Crippen molar-refractivity contribution in [2.75, 3.05) is 11.5 Å². The molecule has 1 aliphatic rings. The van der Waals surface area contributed by atoms with E-state index in [1.54, 1.807) is 6.07 Å². The molecule has 0 saturated carbocycles. The minimum atomic E-state index is -0.875. The summed E-state index contributed by atoms with van der Waals surface area (Å²) in [5.41, 5.74) is 1.46. The standard InChI is InChI=1S/C14H15FN2O2S2/c15-9-3-4-11-12(6-9)17(7-10-2-1-5-20-10)14(16-11)21-8-13(18)19/h3-4,6,10H,1-2,5,7-8H2,(H,18,19). The van der Waals surface area contributed by atoms with Gasteiger partial charge >= 0.3 is 5.97 Å². The number of hydrogen-bond acceptors (Lipinski definition) is 4. The van der Waals surface area contributed by atoms with E-state index in [2.05, 4.69) is 4.98 Å². The van der Waals surface area contributed by atoms with Crippen LogP contribution >= 0.6 is 23.5 Å². The lowest BCUT2D eigenvalue weighted by Gasteiger charge is -2.13. The summed E-state index contributed by atoms with van der Waals surface area (Å²) in [7, 11) is 0. The lowest BCUT2D eigenvalue weighted by molar-refractivity contribution is -0.133. The number of carboxylic acid groups (broad SMARTS) is 1. The minimum absolute atomic E-state index is 0.0381. The maximum Gasteiger partial charge on any atom is 0.313 e. The van der Waals surface area contributed by atoms with Crippen molar-refractivity contribution in [1.82, 2.24) is 9.55 Å². The fourth-order valence-electron chi connectivity index (χ4n) is 2.48. The Bertz CT molecular complexity index is 668. The van der Waals surface area contributed by atoms with Gasteiger partial charge < -0.3 is 9.67 Å². The van der Waals surface area contributed by atoms with Crippen LogP contribution in [0.15, 0.2) is 23.4 Å². The number of imidazole rings is 1. The fraction of sp³-hybridized carbons (Fsp3) is 0.429. The zero-order chi connectivity index (χ0) is 14.8. The summed E-state index contributed by atoms with van der Waals surface area (Å²) in [5.74, 6) is -0.0510. The number of aliphatic carboxylic acids is 1. The van der Waals surface area contributed by atoms with Crippen LogP contribution in [0.2, 0.25) is 0 Å². The molecule has 21 heavy (non-hydrogen) atoms. The zero-order valence-electron chi connectivity index (χ0n) is 11.3. The topological polar surface area (TPSA) is 55.1 Å². The summed E-state index contributed by atoms with van der Waals surface area (Å²) in [5, 5.41) is 10.0. The molecule has 0 amide bonds. The van der Waals surface area contributed by atoms with E-state index in [0.717, 1.165) is 24.2 Å². The van der Waals surface area contributed by atoms with Crippen molar-refractivity contribution in [3.05, 3.63) is 24.0 Å². The van der Waals surface area contributed by atoms with Crippen molar-refractivity contribution in [2.45, 2.75) is 29.8 Å². The van der Waals surface area contributed by atoms with Gasteiger partial charge in [-0.2, -0.15) is 11.8 Å². The molecule has 0 bridgehead atoms. The number of halogens is 1. The van der Waals surface area contributed by atoms with Crippen LogP contribution in [-0.4, -0.2) is 37.4 Å². The monoisotopic (exact) mass is 326 g/mol. The van der Waals surface area contributed by atoms with Crippen molar-refractivity contribution in [2.24, 2.45) is 0 Å². The number of rotatable bonds is 5. The SMILES string of the molecule is O=C(O)CSc1nc2ccc(F)cc2n1CC1CCCS1. The highest BCUT2D eigenvalue weighted by Crippen LogP contribution is 2.31. The van der Waals surface area contributed by atoms with E-state index in [1.807, 2.05) is 16.3 Å². The first-order chi connectivity index (χ1) is 10.1. The second-order valence-electron chi connectivity index (χ2n) is 4.96. The Labute approximate surface area is 130 Å². The zero-order valence-corrected chi connectivity index (χ0v) is 12.9. The Hall–Kier alpha value is -1.21. The van der Waals surface area contributed by atoms with Crippen LogP contribution in [0.3, 0.4) is 0 Å². The molecule has 4 nitrogen and oxygen atoms in total. The third-order valence-electron chi connectivity index (χ3n) is 3.41. The average molecular weight is 326 g/mol. The van der Waals surface area contributed by atoms with Gasteiger partial charge in [0.1, 0.15) is 5.82 Å². The number of aromatic nitrogens is 2. The lowest BCUT2D eigenvalue weighted by Crippen LogP contribution is -2.11. The highest BCUT2D eigenvalue weighted by molar-refractivity contribution is 8.00. The van der Waals surface area contributed by atoms with E-state index in [9.17, 15) is 9.18 Å². The Morgan fingerprint density at radius 1 is 1.57 bits per heavy atom. The maximum absolute atomic E-state index is 13.5. The molecular weight excluding hydrogens is 311 g/mol. The van der Waals surface area contributed by atoms with Gasteiger partial charge in [0, 0.05) is 11.8 Å². The van der Waals surface area contributed by atoms with Gasteiger partial charge in [-0.3, -0.25) is 4.79 Å². The van der Waals surface area contributed by atoms with Crippen LogP contribution in [-0.2, 0) is 11.3 Å². The van der Waals surface area contributed by atoms with Gasteiger partial charge in [-0.1, -0.05) is 11.8 Å². The summed E-state index contributed by atoms with van der Waals surface area (Å²) in [6.07, 6.45) is 2.34. The highest BCUT2D eigenvalue weighted by atomic mass is 32.2. The van der Waals surface area contributed by atoms with Crippen LogP contribution in [0, 0.1) is 5.82 Å². The molecule has 1 aliphatic heterocycles. The van der Waals surface area contributed by atoms with E-state index < -0.39 is 5.97 Å². The molecule has 1 fully saturated rings. The minimum Gasteiger partial charge on any atom is -0.481 e. The van der Waals surface area contributed by atoms with E-state index in [-0.39, 0.29) is 11.6 Å². The summed E-state index contributed by atoms with van der Waals surface area (Å²) >= 11 is 3.11. The molecule has 112 valence electrons. The smallest absolute Gasteiger partial charge is 0.313 e. The van der Waals surface area contributed by atoms with Crippen LogP contribution in [0.5, 0.6) is 0 Å². The number of fused-ring (bicyclic) bond motifs is 1. The number of hydrogen-bond donors (Lipinski definition) is 1. The Balaban J connectivity index is 1.96. The highest BCUT2D eigenvalue weighted by Gasteiger charge is 2.20. The Kier molecular flexibility index (Phi) is 4.40. The predicted octanol–water partition coefficient (Wildman–Crippen LogP) is 3.25. The second kappa shape index (κ2) is 6.27. The molecule has 1 atom stereocenters. The van der Waals surface area contributed by atoms with E-state index >= 15 is 0 Å². The van der Waals surface area contributed by atoms with Crippen molar-refractivity contribution >= 4 is 40.5 Å². The van der Waals surface area contributed by atoms with E-state index in [4.69, 9.17) is 5.11 Å². The summed E-state index contributed by atoms with van der Waals surface area (Å²) in [6, 6.07) is 4.51. The Morgan fingerprint density at radius 2 is 2.43 bits per heavy atom. The summed E-state index contributed by atoms with van der Waals surface area (Å²) in [6.45, 7) is 0.757. The molecule has 2 heterocycles. The fourth-order valence-corrected chi connectivity index (χ4v) is 4.48. The molecule has 3 rings (SSSR count). The van der Waals surface area contributed by atoms with Gasteiger partial charge in [0.25, 0.3) is 0 Å². The first-order valence-electron chi connectivity index (χ1n) is 6.75. The summed E-state index contributed by atoms with van der Waals surface area (Å²) < 4.78 is 15.5.